The minimum atomic E-state index is -0.289. The maximum Gasteiger partial charge on any atom is 0.230 e. The molecular formula is C24H20FN3OS. The van der Waals surface area contributed by atoms with Crippen molar-refractivity contribution >= 4 is 39.8 Å². The van der Waals surface area contributed by atoms with Gasteiger partial charge in [0.1, 0.15) is 5.82 Å². The molecule has 1 aliphatic heterocycles. The fourth-order valence-corrected chi connectivity index (χ4v) is 3.84. The monoisotopic (exact) mass is 417 g/mol. The molecular weight excluding hydrogens is 397 g/mol. The Morgan fingerprint density at radius 2 is 1.57 bits per heavy atom. The highest BCUT2D eigenvalue weighted by Crippen LogP contribution is 2.33. The third-order valence-corrected chi connectivity index (χ3v) is 5.56. The van der Waals surface area contributed by atoms with Crippen molar-refractivity contribution in [1.29, 1.82) is 0 Å². The van der Waals surface area contributed by atoms with Crippen molar-refractivity contribution in [2.24, 2.45) is 9.98 Å². The van der Waals surface area contributed by atoms with E-state index in [9.17, 15) is 9.18 Å². The molecule has 4 nitrogen and oxygen atoms in total. The number of fused-ring (bicyclic) bond motifs is 1. The molecule has 1 amide bonds. The Bertz CT molecular complexity index is 1090. The van der Waals surface area contributed by atoms with Crippen LogP contribution < -0.4 is 5.32 Å². The van der Waals surface area contributed by atoms with Gasteiger partial charge in [0, 0.05) is 13.0 Å². The predicted octanol–water partition coefficient (Wildman–Crippen LogP) is 5.43. The number of halogens is 1. The van der Waals surface area contributed by atoms with Crippen LogP contribution in [0, 0.1) is 5.82 Å². The van der Waals surface area contributed by atoms with E-state index < -0.39 is 0 Å². The Kier molecular flexibility index (Phi) is 6.35. The number of nitrogens with one attached hydrogen (secondary N) is 1. The van der Waals surface area contributed by atoms with Crippen LogP contribution in [0.3, 0.4) is 0 Å². The van der Waals surface area contributed by atoms with E-state index >= 15 is 0 Å². The quantitative estimate of drug-likeness (QED) is 0.602. The van der Waals surface area contributed by atoms with Gasteiger partial charge >= 0.3 is 0 Å². The maximum absolute atomic E-state index is 13.0. The van der Waals surface area contributed by atoms with Crippen LogP contribution >= 0.6 is 11.8 Å². The van der Waals surface area contributed by atoms with Crippen molar-refractivity contribution in [2.45, 2.75) is 13.0 Å². The van der Waals surface area contributed by atoms with Crippen molar-refractivity contribution in [3.05, 3.63) is 95.8 Å². The molecule has 0 bridgehead atoms. The van der Waals surface area contributed by atoms with E-state index in [0.29, 0.717) is 13.0 Å². The number of carbonyl (C=O) groups is 1. The first kappa shape index (κ1) is 20.0. The maximum atomic E-state index is 13.0. The highest BCUT2D eigenvalue weighted by Gasteiger charge is 2.16. The number of rotatable bonds is 5. The first-order chi connectivity index (χ1) is 14.7. The van der Waals surface area contributed by atoms with Crippen LogP contribution in [0.5, 0.6) is 0 Å². The zero-order valence-corrected chi connectivity index (χ0v) is 17.0. The van der Waals surface area contributed by atoms with E-state index in [4.69, 9.17) is 9.98 Å². The molecule has 0 spiro atoms. The number of thioether (sulfide) groups is 1. The molecule has 0 unspecified atom stereocenters. The highest BCUT2D eigenvalue weighted by molar-refractivity contribution is 8.14. The van der Waals surface area contributed by atoms with Crippen LogP contribution in [0.1, 0.15) is 17.5 Å². The van der Waals surface area contributed by atoms with Crippen LogP contribution in [0.4, 0.5) is 15.8 Å². The molecule has 0 saturated carbocycles. The number of hydrogen-bond acceptors (Lipinski definition) is 4. The summed E-state index contributed by atoms with van der Waals surface area (Å²) < 4.78 is 13.0. The van der Waals surface area contributed by atoms with Crippen LogP contribution in [-0.4, -0.2) is 22.4 Å². The van der Waals surface area contributed by atoms with E-state index in [0.717, 1.165) is 33.3 Å². The number of para-hydroxylation sites is 2. The normalized spacial score (nSPS) is 13.0. The minimum absolute atomic E-state index is 0.0947. The summed E-state index contributed by atoms with van der Waals surface area (Å²) >= 11 is 1.42. The summed E-state index contributed by atoms with van der Waals surface area (Å²) in [7, 11) is 0. The second kappa shape index (κ2) is 9.50. The van der Waals surface area contributed by atoms with E-state index in [2.05, 4.69) is 5.32 Å². The zero-order chi connectivity index (χ0) is 20.8. The molecule has 0 aliphatic carbocycles. The lowest BCUT2D eigenvalue weighted by atomic mass is 10.1. The number of carbonyl (C=O) groups excluding carboxylic acids is 1. The van der Waals surface area contributed by atoms with E-state index in [-0.39, 0.29) is 17.5 Å². The summed E-state index contributed by atoms with van der Waals surface area (Å²) in [6.45, 7) is 0.367. The van der Waals surface area contributed by atoms with Gasteiger partial charge in [-0.1, -0.05) is 54.6 Å². The summed E-state index contributed by atoms with van der Waals surface area (Å²) in [5.74, 6) is -0.129. The smallest absolute Gasteiger partial charge is 0.230 e. The third kappa shape index (κ3) is 5.21. The molecule has 1 aliphatic rings. The first-order valence-electron chi connectivity index (χ1n) is 9.61. The molecule has 6 heteroatoms. The molecule has 0 saturated heterocycles. The van der Waals surface area contributed by atoms with Gasteiger partial charge in [0.2, 0.25) is 5.91 Å². The van der Waals surface area contributed by atoms with E-state index in [1.807, 2.05) is 54.6 Å². The summed E-state index contributed by atoms with van der Waals surface area (Å²) in [6.07, 6.45) is 0.564. The zero-order valence-electron chi connectivity index (χ0n) is 16.2. The summed E-state index contributed by atoms with van der Waals surface area (Å²) in [6, 6.07) is 23.9. The molecule has 0 radical (unpaired) electrons. The van der Waals surface area contributed by atoms with Crippen molar-refractivity contribution in [2.75, 3.05) is 5.75 Å². The number of aliphatic imine (C=N–C) groups is 2. The molecule has 1 N–H and O–H groups in total. The van der Waals surface area contributed by atoms with Crippen molar-refractivity contribution in [1.82, 2.24) is 5.32 Å². The molecule has 1 heterocycles. The second-order valence-corrected chi connectivity index (χ2v) is 7.84. The Labute approximate surface area is 179 Å². The number of amides is 1. The number of benzene rings is 3. The molecule has 0 aromatic heterocycles. The standard InChI is InChI=1S/C24H20FN3OS/c25-19-12-10-17(11-13-19)15-26-23(29)16-30-24-14-22(18-6-2-1-3-7-18)27-20-8-4-5-9-21(20)28-24/h1-13H,14-16H2,(H,26,29). The van der Waals surface area contributed by atoms with Crippen LogP contribution in [0.15, 0.2) is 88.8 Å². The van der Waals surface area contributed by atoms with Gasteiger partial charge in [0.15, 0.2) is 0 Å². The molecule has 150 valence electrons. The van der Waals surface area contributed by atoms with Gasteiger partial charge in [-0.3, -0.25) is 9.79 Å². The summed E-state index contributed by atoms with van der Waals surface area (Å²) in [5.41, 5.74) is 4.46. The average Bonchev–Trinajstić information content (AvgIpc) is 2.97. The SMILES string of the molecule is O=C(CSC1=Nc2ccccc2N=C(c2ccccc2)C1)NCc1ccc(F)cc1. The fraction of sp³-hybridized carbons (Fsp3) is 0.125. The van der Waals surface area contributed by atoms with Crippen molar-refractivity contribution in [3.8, 4) is 0 Å². The van der Waals surface area contributed by atoms with E-state index in [1.165, 1.54) is 23.9 Å². The van der Waals surface area contributed by atoms with E-state index in [1.54, 1.807) is 12.1 Å². The predicted molar refractivity (Wildman–Crippen MR) is 121 cm³/mol. The number of hydrogen-bond donors (Lipinski definition) is 1. The molecule has 3 aromatic carbocycles. The van der Waals surface area contributed by atoms with Crippen molar-refractivity contribution < 1.29 is 9.18 Å². The topological polar surface area (TPSA) is 53.8 Å². The molecule has 30 heavy (non-hydrogen) atoms. The second-order valence-electron chi connectivity index (χ2n) is 6.79. The Morgan fingerprint density at radius 3 is 2.30 bits per heavy atom. The molecule has 0 atom stereocenters. The molecule has 0 fully saturated rings. The Balaban J connectivity index is 1.44. The summed E-state index contributed by atoms with van der Waals surface area (Å²) in [5, 5.41) is 3.71. The van der Waals surface area contributed by atoms with Gasteiger partial charge < -0.3 is 5.32 Å². The minimum Gasteiger partial charge on any atom is -0.351 e. The van der Waals surface area contributed by atoms with Crippen molar-refractivity contribution in [3.63, 3.8) is 0 Å². The average molecular weight is 418 g/mol. The van der Waals surface area contributed by atoms with Crippen LogP contribution in [-0.2, 0) is 11.3 Å². The molecule has 4 rings (SSSR count). The number of nitrogens with zero attached hydrogens (tertiary/aromatic N) is 2. The van der Waals surface area contributed by atoms with Gasteiger partial charge in [-0.15, -0.1) is 11.8 Å². The lowest BCUT2D eigenvalue weighted by molar-refractivity contribution is -0.118. The summed E-state index contributed by atoms with van der Waals surface area (Å²) in [4.78, 5) is 21.9. The first-order valence-corrected chi connectivity index (χ1v) is 10.6. The molecule has 3 aromatic rings. The van der Waals surface area contributed by atoms with Gasteiger partial charge in [0.25, 0.3) is 0 Å². The van der Waals surface area contributed by atoms with Gasteiger partial charge in [-0.05, 0) is 35.4 Å². The van der Waals surface area contributed by atoms with Gasteiger partial charge in [-0.2, -0.15) is 0 Å². The Hall–Kier alpha value is -3.25. The van der Waals surface area contributed by atoms with Gasteiger partial charge in [-0.25, -0.2) is 9.38 Å². The highest BCUT2D eigenvalue weighted by atomic mass is 32.2. The third-order valence-electron chi connectivity index (χ3n) is 4.58. The lowest BCUT2D eigenvalue weighted by Gasteiger charge is -2.08. The van der Waals surface area contributed by atoms with Crippen LogP contribution in [0.2, 0.25) is 0 Å². The van der Waals surface area contributed by atoms with Gasteiger partial charge in [0.05, 0.1) is 27.9 Å². The van der Waals surface area contributed by atoms with Crippen LogP contribution in [0.25, 0.3) is 0 Å². The lowest BCUT2D eigenvalue weighted by Crippen LogP contribution is -2.25. The Morgan fingerprint density at radius 1 is 0.900 bits per heavy atom. The fourth-order valence-electron chi connectivity index (χ4n) is 3.04. The largest absolute Gasteiger partial charge is 0.351 e.